The number of likely N-dealkylation sites (N-methyl/N-ethyl adjacent to an activating group) is 1. The first-order valence-electron chi connectivity index (χ1n) is 14.9. The molecular weight excluding hydrogens is 550 g/mol. The fourth-order valence-corrected chi connectivity index (χ4v) is 8.87. The van der Waals surface area contributed by atoms with E-state index in [-0.39, 0.29) is 19.2 Å². The summed E-state index contributed by atoms with van der Waals surface area (Å²) in [6.07, 6.45) is 4.09. The zero-order valence-electron chi connectivity index (χ0n) is 25.5. The van der Waals surface area contributed by atoms with E-state index in [1.807, 2.05) is 37.4 Å². The number of carbonyl (C=O) groups is 2. The second-order valence-corrected chi connectivity index (χ2v) is 12.2. The first kappa shape index (κ1) is 29.3. The molecule has 43 heavy (non-hydrogen) atoms. The van der Waals surface area contributed by atoms with Crippen molar-refractivity contribution in [2.24, 2.45) is 5.41 Å². The summed E-state index contributed by atoms with van der Waals surface area (Å²) >= 11 is 0. The number of amides is 1. The molecule has 1 saturated heterocycles. The molecule has 0 radical (unpaired) electrons. The Morgan fingerprint density at radius 2 is 1.91 bits per heavy atom. The molecule has 6 atom stereocenters. The molecule has 230 valence electrons. The van der Waals surface area contributed by atoms with Gasteiger partial charge in [-0.2, -0.15) is 0 Å². The summed E-state index contributed by atoms with van der Waals surface area (Å²) < 4.78 is 22.7. The van der Waals surface area contributed by atoms with Crippen molar-refractivity contribution in [1.29, 1.82) is 0 Å². The number of esters is 1. The molecule has 2 fully saturated rings. The van der Waals surface area contributed by atoms with Crippen LogP contribution >= 0.6 is 0 Å². The molecule has 4 aliphatic rings. The Kier molecular flexibility index (Phi) is 7.33. The van der Waals surface area contributed by atoms with Gasteiger partial charge in [0.25, 0.3) is 0 Å². The van der Waals surface area contributed by atoms with E-state index >= 15 is 0 Å². The summed E-state index contributed by atoms with van der Waals surface area (Å²) in [6.45, 7) is 4.90. The molecule has 3 heterocycles. The minimum absolute atomic E-state index is 0.00117. The first-order valence-corrected chi connectivity index (χ1v) is 14.9. The molecule has 2 aromatic carbocycles. The summed E-state index contributed by atoms with van der Waals surface area (Å²) in [4.78, 5) is 30.4. The maximum atomic E-state index is 13.1. The fraction of sp³-hybridized carbons (Fsp3) is 0.515. The van der Waals surface area contributed by atoms with Gasteiger partial charge in [-0.05, 0) is 37.1 Å². The van der Waals surface area contributed by atoms with Crippen LogP contribution in [-0.4, -0.2) is 86.8 Å². The van der Waals surface area contributed by atoms with Crippen molar-refractivity contribution in [2.75, 3.05) is 45.8 Å². The summed E-state index contributed by atoms with van der Waals surface area (Å²) in [6, 6.07) is 12.9. The number of alkyl carbamates (subject to hydrolysis) is 1. The summed E-state index contributed by atoms with van der Waals surface area (Å²) in [7, 11) is 5.17. The minimum atomic E-state index is -1.68. The van der Waals surface area contributed by atoms with Crippen LogP contribution in [0.2, 0.25) is 0 Å². The molecule has 1 aliphatic carbocycles. The Balaban J connectivity index is 1.42. The van der Waals surface area contributed by atoms with Gasteiger partial charge < -0.3 is 34.3 Å². The number of methoxy groups -OCH3 is 2. The second-order valence-electron chi connectivity index (χ2n) is 12.2. The Bertz CT molecular complexity index is 1450. The molecule has 10 nitrogen and oxygen atoms in total. The highest BCUT2D eigenvalue weighted by Crippen LogP contribution is 2.67. The number of nitrogens with zero attached hydrogens (tertiary/aromatic N) is 2. The van der Waals surface area contributed by atoms with E-state index < -0.39 is 40.6 Å². The van der Waals surface area contributed by atoms with E-state index in [2.05, 4.69) is 40.3 Å². The predicted molar refractivity (Wildman–Crippen MR) is 160 cm³/mol. The highest BCUT2D eigenvalue weighted by Gasteiger charge is 2.77. The van der Waals surface area contributed by atoms with Crippen molar-refractivity contribution >= 4 is 17.7 Å². The third-order valence-corrected chi connectivity index (χ3v) is 10.3. The number of anilines is 1. The van der Waals surface area contributed by atoms with Crippen LogP contribution in [0.4, 0.5) is 10.5 Å². The quantitative estimate of drug-likeness (QED) is 0.353. The van der Waals surface area contributed by atoms with Gasteiger partial charge in [0.2, 0.25) is 0 Å². The van der Waals surface area contributed by atoms with Crippen LogP contribution in [0.5, 0.6) is 11.5 Å². The first-order chi connectivity index (χ1) is 20.7. The largest absolute Gasteiger partial charge is 0.497 e. The number of benzene rings is 2. The number of fused-ring (bicyclic) bond motifs is 1. The topological polar surface area (TPSA) is 110 Å². The van der Waals surface area contributed by atoms with Gasteiger partial charge in [-0.15, -0.1) is 0 Å². The van der Waals surface area contributed by atoms with Crippen LogP contribution < -0.4 is 19.7 Å². The van der Waals surface area contributed by atoms with Crippen molar-refractivity contribution in [2.45, 2.75) is 62.5 Å². The Morgan fingerprint density at radius 1 is 1.12 bits per heavy atom. The number of aliphatic hydroxyl groups is 1. The number of hydrogen-bond donors (Lipinski definition) is 2. The Hall–Kier alpha value is -3.76. The van der Waals surface area contributed by atoms with Crippen LogP contribution in [0.25, 0.3) is 0 Å². The van der Waals surface area contributed by atoms with E-state index in [9.17, 15) is 14.7 Å². The second kappa shape index (κ2) is 10.7. The van der Waals surface area contributed by atoms with E-state index in [1.165, 1.54) is 6.92 Å². The van der Waals surface area contributed by atoms with Crippen LogP contribution in [0.3, 0.4) is 0 Å². The number of nitrogens with one attached hydrogen (secondary N) is 1. The summed E-state index contributed by atoms with van der Waals surface area (Å²) in [5.74, 6) is 0.856. The van der Waals surface area contributed by atoms with Crippen molar-refractivity contribution in [3.63, 3.8) is 0 Å². The number of carbonyl (C=O) groups excluding carboxylic acids is 2. The van der Waals surface area contributed by atoms with Gasteiger partial charge in [0.1, 0.15) is 29.8 Å². The average molecular weight is 592 g/mol. The van der Waals surface area contributed by atoms with E-state index in [4.69, 9.17) is 18.9 Å². The molecule has 1 amide bonds. The summed E-state index contributed by atoms with van der Waals surface area (Å²) in [5.41, 5.74) is -0.0475. The van der Waals surface area contributed by atoms with Gasteiger partial charge in [-0.3, -0.25) is 9.69 Å². The minimum Gasteiger partial charge on any atom is -0.497 e. The van der Waals surface area contributed by atoms with Crippen LogP contribution in [-0.2, 0) is 26.3 Å². The highest BCUT2D eigenvalue weighted by atomic mass is 16.6. The molecule has 1 spiro atoms. The smallest absolute Gasteiger partial charge is 0.407 e. The Labute approximate surface area is 252 Å². The standard InChI is InChI=1S/C33H41N3O7/c1-6-31-14-9-16-36-17-15-32(27(31)36)24-13-12-23(40-4)18-25(24)35(3)28(32)33(39,29(31)43-21(2)37)20-34-30(38)42-19-22-10-7-8-11-26(22)41-5/h7-14,18,27-29,39H,6,15-17,19-20H2,1-5H3,(H,34,38)/t27-,28+,29+,31+,32+,33-/m0/s1. The summed E-state index contributed by atoms with van der Waals surface area (Å²) in [5, 5.41) is 15.9. The number of rotatable bonds is 8. The average Bonchev–Trinajstić information content (AvgIpc) is 3.53. The number of para-hydroxylation sites is 1. The maximum Gasteiger partial charge on any atom is 0.407 e. The molecular formula is C33H41N3O7. The lowest BCUT2D eigenvalue weighted by molar-refractivity contribution is -0.217. The highest BCUT2D eigenvalue weighted by molar-refractivity contribution is 5.72. The lowest BCUT2D eigenvalue weighted by Crippen LogP contribution is -2.81. The van der Waals surface area contributed by atoms with Crippen molar-refractivity contribution in [3.05, 3.63) is 65.7 Å². The van der Waals surface area contributed by atoms with Crippen LogP contribution in [0.15, 0.2) is 54.6 Å². The van der Waals surface area contributed by atoms with Crippen molar-refractivity contribution in [1.82, 2.24) is 10.2 Å². The predicted octanol–water partition coefficient (Wildman–Crippen LogP) is 3.40. The molecule has 3 aliphatic heterocycles. The Morgan fingerprint density at radius 3 is 2.63 bits per heavy atom. The van der Waals surface area contributed by atoms with Crippen molar-refractivity contribution in [3.8, 4) is 11.5 Å². The zero-order valence-corrected chi connectivity index (χ0v) is 25.5. The van der Waals surface area contributed by atoms with Gasteiger partial charge in [0.05, 0.1) is 26.8 Å². The van der Waals surface area contributed by atoms with E-state index in [0.717, 1.165) is 42.1 Å². The van der Waals surface area contributed by atoms with E-state index in [1.54, 1.807) is 20.3 Å². The van der Waals surface area contributed by atoms with Gasteiger partial charge in [0, 0.05) is 54.7 Å². The molecule has 10 heteroatoms. The molecule has 0 unspecified atom stereocenters. The third-order valence-electron chi connectivity index (χ3n) is 10.3. The van der Waals surface area contributed by atoms with Crippen molar-refractivity contribution < 1.29 is 33.6 Å². The van der Waals surface area contributed by atoms with Gasteiger partial charge in [-0.1, -0.05) is 43.3 Å². The molecule has 6 rings (SSSR count). The van der Waals surface area contributed by atoms with Crippen LogP contribution in [0, 0.1) is 5.41 Å². The lowest BCUT2D eigenvalue weighted by atomic mass is 9.47. The van der Waals surface area contributed by atoms with Gasteiger partial charge in [-0.25, -0.2) is 4.79 Å². The molecule has 2 N–H and O–H groups in total. The monoisotopic (exact) mass is 591 g/mol. The van der Waals surface area contributed by atoms with Gasteiger partial charge >= 0.3 is 12.1 Å². The zero-order chi connectivity index (χ0) is 30.6. The molecule has 0 aromatic heterocycles. The number of ether oxygens (including phenoxy) is 4. The van der Waals surface area contributed by atoms with E-state index in [0.29, 0.717) is 12.2 Å². The SMILES string of the molecule is CC[C@]12C=CCN3CC[C@@]4(c5ccc(OC)cc5N(C)[C@H]4[C@@](O)(CNC(=O)OCc4ccccc4OC)[C@@H]1OC(C)=O)[C@@H]32. The molecule has 2 aromatic rings. The van der Waals surface area contributed by atoms with Gasteiger partial charge in [0.15, 0.2) is 0 Å². The number of hydrogen-bond acceptors (Lipinski definition) is 9. The molecule has 1 saturated carbocycles. The normalized spacial score (nSPS) is 32.0. The molecule has 0 bridgehead atoms. The van der Waals surface area contributed by atoms with Crippen LogP contribution in [0.1, 0.15) is 37.8 Å². The fourth-order valence-electron chi connectivity index (χ4n) is 8.87. The third kappa shape index (κ3) is 4.21. The maximum absolute atomic E-state index is 13.1. The lowest BCUT2D eigenvalue weighted by Gasteiger charge is -2.64.